The Balaban J connectivity index is -0.000000179. The molecule has 7 heterocycles. The molecule has 9 heteroatoms. The molecule has 0 aromatic rings. The molecule has 7 aliphatic heterocycles. The summed E-state index contributed by atoms with van der Waals surface area (Å²) in [4.78, 5) is 0. The van der Waals surface area contributed by atoms with Gasteiger partial charge in [-0.1, -0.05) is 265 Å². The predicted molar refractivity (Wildman–Crippen MR) is 423 cm³/mol. The fraction of sp³-hybridized carbons (Fsp3) is 1.00. The van der Waals surface area contributed by atoms with Gasteiger partial charge in [0.05, 0.1) is 37.6 Å². The zero-order chi connectivity index (χ0) is 64.0. The summed E-state index contributed by atoms with van der Waals surface area (Å²) in [6, 6.07) is 7.18. The Morgan fingerprint density at radius 2 is 0.385 bits per heavy atom. The number of rotatable bonds is 14. The highest BCUT2D eigenvalue weighted by Crippen LogP contribution is 2.30. The van der Waals surface area contributed by atoms with Gasteiger partial charge in [0.15, 0.2) is 0 Å². The van der Waals surface area contributed by atoms with Gasteiger partial charge >= 0.3 is 0 Å². The van der Waals surface area contributed by atoms with E-state index in [0.717, 1.165) is 109 Å². The van der Waals surface area contributed by atoms with Crippen LogP contribution in [0.15, 0.2) is 0 Å². The first-order valence-corrected chi connectivity index (χ1v) is 37.7. The lowest BCUT2D eigenvalue weighted by molar-refractivity contribution is -0.0893. The molecule has 7 saturated heterocycles. The third-order valence-electron chi connectivity index (χ3n) is 20.1. The van der Waals surface area contributed by atoms with Crippen LogP contribution in [0.4, 0.5) is 0 Å². The van der Waals surface area contributed by atoms with Gasteiger partial charge < -0.3 is 40.8 Å². The van der Waals surface area contributed by atoms with E-state index in [1.165, 1.54) is 108 Å². The molecule has 0 unspecified atom stereocenters. The number of hydrogen-bond donors (Lipinski definition) is 5. The molecule has 0 bridgehead atoms. The van der Waals surface area contributed by atoms with Crippen molar-refractivity contribution < 1.29 is 14.2 Å². The molecule has 0 aromatic heterocycles. The lowest BCUT2D eigenvalue weighted by Crippen LogP contribution is -2.53. The number of hydrogen-bond acceptors (Lipinski definition) is 9. The molecule has 7 aliphatic rings. The molecule has 7 rings (SSSR count). The molecule has 0 aliphatic carbocycles. The van der Waals surface area contributed by atoms with Crippen LogP contribution in [-0.2, 0) is 14.2 Å². The first kappa shape index (κ1) is 104. The average molecular weight is 1320 g/mol. The largest absolute Gasteiger partial charge is 0.378 e. The first-order chi connectivity index (χ1) is 39.3. The Bertz CT molecular complexity index is 1140. The number of ether oxygens (including phenoxy) is 3. The summed E-state index contributed by atoms with van der Waals surface area (Å²) in [5.41, 5.74) is 0. The van der Waals surface area contributed by atoms with E-state index in [1.807, 2.05) is 0 Å². The second kappa shape index (κ2) is 56.9. The van der Waals surface area contributed by atoms with Crippen molar-refractivity contribution in [3.63, 3.8) is 0 Å². The minimum absolute atomic E-state index is 0. The smallest absolute Gasteiger partial charge is 0.0623 e. The Morgan fingerprint density at radius 1 is 0.220 bits per heavy atom. The van der Waals surface area contributed by atoms with Crippen molar-refractivity contribution in [1.29, 1.82) is 0 Å². The van der Waals surface area contributed by atoms with Crippen molar-refractivity contribution in [3.8, 4) is 0 Å². The van der Waals surface area contributed by atoms with Crippen LogP contribution < -0.4 is 26.6 Å². The van der Waals surface area contributed by atoms with E-state index in [9.17, 15) is 0 Å². The molecule has 0 amide bonds. The van der Waals surface area contributed by atoms with Gasteiger partial charge in [0.25, 0.3) is 0 Å². The molecule has 0 spiro atoms. The van der Waals surface area contributed by atoms with Crippen molar-refractivity contribution in [2.75, 3.05) is 24.7 Å². The summed E-state index contributed by atoms with van der Waals surface area (Å²) in [7, 11) is 0. The van der Waals surface area contributed by atoms with Gasteiger partial charge in [-0.05, 0) is 160 Å². The van der Waals surface area contributed by atoms with Crippen molar-refractivity contribution in [3.05, 3.63) is 0 Å². The third kappa shape index (κ3) is 43.9. The maximum absolute atomic E-state index is 6.01. The summed E-state index contributed by atoms with van der Waals surface area (Å²) in [6.07, 6.45) is 22.3. The van der Waals surface area contributed by atoms with Gasteiger partial charge in [-0.25, -0.2) is 0 Å². The van der Waals surface area contributed by atoms with E-state index >= 15 is 0 Å². The summed E-state index contributed by atoms with van der Waals surface area (Å²) in [5.74, 6) is 13.0. The Labute approximate surface area is 584 Å². The van der Waals surface area contributed by atoms with E-state index in [-0.39, 0.29) is 52.0 Å². The molecule has 0 radical (unpaired) electrons. The summed E-state index contributed by atoms with van der Waals surface area (Å²) < 4.78 is 17.6. The van der Waals surface area contributed by atoms with Gasteiger partial charge in [-0.15, -0.1) is 0 Å². The minimum Gasteiger partial charge on any atom is -0.378 e. The monoisotopic (exact) mass is 1320 g/mol. The van der Waals surface area contributed by atoms with E-state index in [0.29, 0.717) is 72.0 Å². The quantitative estimate of drug-likeness (QED) is 0.117. The molecule has 5 N–H and O–H groups in total. The SMILES string of the molecule is C.C.C.C.C.C.C.CC(C)[C@@H]1CCC[C@@H](C(C)C)N1.CC(C)[C@@H]1CCC[C@@H](C(C)C)O1.CC(C)[C@@H]1CCC[C@H](C(C)C)N1.CC(C)[C@@H]1CCC[C@H](C(C)C)N1.CC(C)[C@@H]1CCC[C@H](C(C)C)O1.CC(C)[C@@H]1COC[C@@H](C(C)C)N1.CC(C)[C@@H]1CSC[C@@H](C(C)C)N1. The van der Waals surface area contributed by atoms with Crippen LogP contribution in [0.3, 0.4) is 0 Å². The number of thioether (sulfide) groups is 1. The molecule has 0 saturated carbocycles. The van der Waals surface area contributed by atoms with Crippen LogP contribution in [0.5, 0.6) is 0 Å². The molecule has 7 fully saturated rings. The molecule has 8 nitrogen and oxygen atoms in total. The van der Waals surface area contributed by atoms with Crippen LogP contribution in [0.2, 0.25) is 0 Å². The lowest BCUT2D eigenvalue weighted by atomic mass is 9.87. The van der Waals surface area contributed by atoms with E-state index < -0.39 is 0 Å². The number of morpholine rings is 1. The number of nitrogens with one attached hydrogen (secondary N) is 5. The van der Waals surface area contributed by atoms with Gasteiger partial charge in [0, 0.05) is 71.9 Å². The van der Waals surface area contributed by atoms with Crippen LogP contribution >= 0.6 is 11.8 Å². The van der Waals surface area contributed by atoms with Crippen molar-refractivity contribution in [1.82, 2.24) is 26.6 Å². The maximum Gasteiger partial charge on any atom is 0.0623 e. The zero-order valence-corrected chi connectivity index (χ0v) is 62.6. The van der Waals surface area contributed by atoms with E-state index in [2.05, 4.69) is 232 Å². The summed E-state index contributed by atoms with van der Waals surface area (Å²) >= 11 is 2.11. The molecule has 14 atom stereocenters. The molecule has 0 aromatic carbocycles. The van der Waals surface area contributed by atoms with Crippen molar-refractivity contribution >= 4 is 11.8 Å². The van der Waals surface area contributed by atoms with Gasteiger partial charge in [0.2, 0.25) is 0 Å². The zero-order valence-electron chi connectivity index (χ0n) is 61.7. The minimum atomic E-state index is 0. The molecule has 560 valence electrons. The van der Waals surface area contributed by atoms with Gasteiger partial charge in [-0.3, -0.25) is 0 Å². The molecular formula is C82H183N5O3S. The summed E-state index contributed by atoms with van der Waals surface area (Å²) in [6.45, 7) is 65.8. The Hall–Kier alpha value is 0.0300. The van der Waals surface area contributed by atoms with Crippen LogP contribution in [0.1, 0.15) is 342 Å². The van der Waals surface area contributed by atoms with E-state index in [1.54, 1.807) is 0 Å². The Kier molecular flexibility index (Phi) is 65.3. The first-order valence-electron chi connectivity index (χ1n) is 36.5. The highest BCUT2D eigenvalue weighted by molar-refractivity contribution is 7.99. The predicted octanol–water partition coefficient (Wildman–Crippen LogP) is 23.4. The molecular weight excluding hydrogens is 1140 g/mol. The van der Waals surface area contributed by atoms with Crippen LogP contribution in [0, 0.1) is 82.9 Å². The van der Waals surface area contributed by atoms with Crippen LogP contribution in [0.25, 0.3) is 0 Å². The normalized spacial score (nSPS) is 29.1. The summed E-state index contributed by atoms with van der Waals surface area (Å²) in [5, 5.41) is 18.6. The lowest BCUT2D eigenvalue weighted by Gasteiger charge is -2.35. The fourth-order valence-electron chi connectivity index (χ4n) is 12.8. The van der Waals surface area contributed by atoms with Crippen LogP contribution in [-0.4, -0.2) is 110 Å². The van der Waals surface area contributed by atoms with Crippen molar-refractivity contribution in [2.24, 2.45) is 82.9 Å². The highest BCUT2D eigenvalue weighted by atomic mass is 32.2. The second-order valence-electron chi connectivity index (χ2n) is 32.5. The topological polar surface area (TPSA) is 87.8 Å². The Morgan fingerprint density at radius 3 is 0.560 bits per heavy atom. The number of piperidine rings is 3. The molecule has 91 heavy (non-hydrogen) atoms. The highest BCUT2D eigenvalue weighted by Gasteiger charge is 2.31. The third-order valence-corrected chi connectivity index (χ3v) is 21.3. The second-order valence-corrected chi connectivity index (χ2v) is 33.5. The van der Waals surface area contributed by atoms with Crippen molar-refractivity contribution in [2.45, 2.75) is 427 Å². The fourth-order valence-corrected chi connectivity index (χ4v) is 14.4. The average Bonchev–Trinajstić information content (AvgIpc) is 3.46. The van der Waals surface area contributed by atoms with E-state index in [4.69, 9.17) is 14.2 Å². The van der Waals surface area contributed by atoms with Gasteiger partial charge in [0.1, 0.15) is 0 Å². The maximum atomic E-state index is 6.01. The van der Waals surface area contributed by atoms with Gasteiger partial charge in [-0.2, -0.15) is 11.8 Å². The standard InChI is InChI=1S/3C11H23N.2C11H22O.C10H21NO.C10H21NS.7CH4/c5*1-8(2)10-6-5-7-11(12-10)9(3)4;2*1-7(2)9-5-12-6-10(11-9)8(3)4;;;;;;;/h3*8-12H,5-7H2,1-4H3;2*8-11H,5-7H2,1-4H3;2*7-11H,5-6H2,1-4H3;7*1H4/t2*10-,11+;10-,11-;10-,11+;10-,11-;2*9-,10-;;;;;;;/m..0.000......./s1.